The second kappa shape index (κ2) is 11.2. The van der Waals surface area contributed by atoms with E-state index in [-0.39, 0.29) is 23.6 Å². The van der Waals surface area contributed by atoms with Gasteiger partial charge in [0, 0.05) is 27.0 Å². The number of thioether (sulfide) groups is 1. The Kier molecular flexibility index (Phi) is 8.66. The molecule has 1 atom stereocenters. The van der Waals surface area contributed by atoms with Crippen LogP contribution in [-0.4, -0.2) is 34.6 Å². The second-order valence-electron chi connectivity index (χ2n) is 7.56. The summed E-state index contributed by atoms with van der Waals surface area (Å²) in [5.74, 6) is 0.120. The van der Waals surface area contributed by atoms with E-state index in [1.165, 1.54) is 11.8 Å². The van der Waals surface area contributed by atoms with E-state index in [2.05, 4.69) is 21.2 Å². The van der Waals surface area contributed by atoms with Crippen LogP contribution >= 0.6 is 39.3 Å². The van der Waals surface area contributed by atoms with E-state index in [0.29, 0.717) is 11.6 Å². The predicted molar refractivity (Wildman–Crippen MR) is 127 cm³/mol. The van der Waals surface area contributed by atoms with E-state index < -0.39 is 6.04 Å². The van der Waals surface area contributed by atoms with Crippen molar-refractivity contribution < 1.29 is 9.59 Å². The van der Waals surface area contributed by atoms with Gasteiger partial charge >= 0.3 is 0 Å². The number of nitrogens with zero attached hydrogens (tertiary/aromatic N) is 1. The highest BCUT2D eigenvalue weighted by molar-refractivity contribution is 9.10. The third-order valence-electron chi connectivity index (χ3n) is 5.31. The molecule has 30 heavy (non-hydrogen) atoms. The fourth-order valence-corrected chi connectivity index (χ4v) is 4.69. The molecular formula is C23H26BrClN2O2S. The van der Waals surface area contributed by atoms with Gasteiger partial charge in [0.15, 0.2) is 0 Å². The standard InChI is InChI=1S/C23H26BrClN2O2S/c1-16(23(29)26-20-4-2-3-5-20)27(14-17-6-8-18(24)9-7-17)22(28)15-30-21-12-10-19(25)11-13-21/h6-13,16,20H,2-5,14-15H2,1H3,(H,26,29)/t16-/m0/s1. The van der Waals surface area contributed by atoms with Gasteiger partial charge in [-0.3, -0.25) is 9.59 Å². The van der Waals surface area contributed by atoms with Crippen LogP contribution in [0.25, 0.3) is 0 Å². The Morgan fingerprint density at radius 1 is 1.13 bits per heavy atom. The largest absolute Gasteiger partial charge is 0.352 e. The summed E-state index contributed by atoms with van der Waals surface area (Å²) in [7, 11) is 0. The fraction of sp³-hybridized carbons (Fsp3) is 0.391. The molecule has 0 saturated heterocycles. The van der Waals surface area contributed by atoms with Crippen LogP contribution in [0.3, 0.4) is 0 Å². The quantitative estimate of drug-likeness (QED) is 0.466. The molecule has 3 rings (SSSR count). The molecule has 7 heteroatoms. The van der Waals surface area contributed by atoms with Crippen LogP contribution in [0.15, 0.2) is 57.9 Å². The number of hydrogen-bond acceptors (Lipinski definition) is 3. The van der Waals surface area contributed by atoms with Crippen molar-refractivity contribution in [1.82, 2.24) is 10.2 Å². The molecule has 1 N–H and O–H groups in total. The molecule has 2 aromatic carbocycles. The molecule has 0 heterocycles. The topological polar surface area (TPSA) is 49.4 Å². The third kappa shape index (κ3) is 6.76. The Hall–Kier alpha value is -1.50. The van der Waals surface area contributed by atoms with Crippen molar-refractivity contribution >= 4 is 51.1 Å². The molecule has 1 fully saturated rings. The minimum atomic E-state index is -0.535. The normalized spacial score (nSPS) is 15.0. The molecule has 4 nitrogen and oxygen atoms in total. The van der Waals surface area contributed by atoms with Crippen LogP contribution in [0.2, 0.25) is 5.02 Å². The van der Waals surface area contributed by atoms with Gasteiger partial charge in [0.25, 0.3) is 0 Å². The highest BCUT2D eigenvalue weighted by Crippen LogP contribution is 2.23. The van der Waals surface area contributed by atoms with Crippen LogP contribution in [0.4, 0.5) is 0 Å². The number of amides is 2. The van der Waals surface area contributed by atoms with Crippen molar-refractivity contribution in [3.63, 3.8) is 0 Å². The summed E-state index contributed by atoms with van der Waals surface area (Å²) in [6.45, 7) is 2.21. The lowest BCUT2D eigenvalue weighted by atomic mass is 10.1. The van der Waals surface area contributed by atoms with Gasteiger partial charge in [-0.05, 0) is 61.7 Å². The number of hydrogen-bond donors (Lipinski definition) is 1. The first kappa shape index (κ1) is 23.2. The maximum absolute atomic E-state index is 13.1. The third-order valence-corrected chi connectivity index (χ3v) is 7.09. The molecule has 2 aromatic rings. The number of benzene rings is 2. The first-order chi connectivity index (χ1) is 14.4. The molecule has 0 spiro atoms. The zero-order valence-corrected chi connectivity index (χ0v) is 20.1. The van der Waals surface area contributed by atoms with Gasteiger partial charge < -0.3 is 10.2 Å². The van der Waals surface area contributed by atoms with Gasteiger partial charge in [-0.1, -0.05) is 52.5 Å². The van der Waals surface area contributed by atoms with Crippen LogP contribution < -0.4 is 5.32 Å². The van der Waals surface area contributed by atoms with Gasteiger partial charge in [-0.25, -0.2) is 0 Å². The summed E-state index contributed by atoms with van der Waals surface area (Å²) in [6, 6.07) is 15.0. The first-order valence-electron chi connectivity index (χ1n) is 10.1. The van der Waals surface area contributed by atoms with Gasteiger partial charge in [0.05, 0.1) is 5.75 Å². The minimum Gasteiger partial charge on any atom is -0.352 e. The summed E-state index contributed by atoms with van der Waals surface area (Å²) in [4.78, 5) is 28.6. The zero-order chi connectivity index (χ0) is 21.5. The van der Waals surface area contributed by atoms with Crippen molar-refractivity contribution in [3.05, 3.63) is 63.6 Å². The number of carbonyl (C=O) groups is 2. The van der Waals surface area contributed by atoms with Crippen molar-refractivity contribution in [1.29, 1.82) is 0 Å². The molecule has 0 unspecified atom stereocenters. The van der Waals surface area contributed by atoms with E-state index in [9.17, 15) is 9.59 Å². The van der Waals surface area contributed by atoms with Crippen molar-refractivity contribution in [2.45, 2.75) is 56.1 Å². The molecule has 0 bridgehead atoms. The van der Waals surface area contributed by atoms with Gasteiger partial charge in [-0.2, -0.15) is 0 Å². The first-order valence-corrected chi connectivity index (χ1v) is 12.3. The second-order valence-corrected chi connectivity index (χ2v) is 9.96. The lowest BCUT2D eigenvalue weighted by Gasteiger charge is -2.29. The summed E-state index contributed by atoms with van der Waals surface area (Å²) in [5, 5.41) is 3.79. The van der Waals surface area contributed by atoms with Gasteiger partial charge in [0.2, 0.25) is 11.8 Å². The van der Waals surface area contributed by atoms with Crippen molar-refractivity contribution in [2.75, 3.05) is 5.75 Å². The number of carbonyl (C=O) groups excluding carboxylic acids is 2. The molecule has 160 valence electrons. The fourth-order valence-electron chi connectivity index (χ4n) is 3.52. The molecule has 2 amide bonds. The van der Waals surface area contributed by atoms with Crippen molar-refractivity contribution in [3.8, 4) is 0 Å². The van der Waals surface area contributed by atoms with Crippen LogP contribution in [0.5, 0.6) is 0 Å². The summed E-state index contributed by atoms with van der Waals surface area (Å²) in [5.41, 5.74) is 0.989. The van der Waals surface area contributed by atoms with E-state index in [1.807, 2.05) is 55.5 Å². The number of halogens is 2. The molecule has 1 aliphatic rings. The summed E-state index contributed by atoms with van der Waals surface area (Å²) in [6.07, 6.45) is 4.34. The maximum Gasteiger partial charge on any atom is 0.242 e. The Labute approximate surface area is 195 Å². The highest BCUT2D eigenvalue weighted by atomic mass is 79.9. The summed E-state index contributed by atoms with van der Waals surface area (Å²) >= 11 is 10.8. The molecule has 0 aromatic heterocycles. The van der Waals surface area contributed by atoms with Crippen LogP contribution in [-0.2, 0) is 16.1 Å². The van der Waals surface area contributed by atoms with E-state index in [0.717, 1.165) is 40.6 Å². The van der Waals surface area contributed by atoms with E-state index in [1.54, 1.807) is 4.90 Å². The summed E-state index contributed by atoms with van der Waals surface area (Å²) < 4.78 is 0.981. The Bertz CT molecular complexity index is 855. The van der Waals surface area contributed by atoms with E-state index >= 15 is 0 Å². The highest BCUT2D eigenvalue weighted by Gasteiger charge is 2.28. The molecule has 1 saturated carbocycles. The van der Waals surface area contributed by atoms with Gasteiger partial charge in [-0.15, -0.1) is 11.8 Å². The number of nitrogens with one attached hydrogen (secondary N) is 1. The monoisotopic (exact) mass is 508 g/mol. The lowest BCUT2D eigenvalue weighted by molar-refractivity contribution is -0.138. The van der Waals surface area contributed by atoms with Crippen LogP contribution in [0.1, 0.15) is 38.2 Å². The maximum atomic E-state index is 13.1. The van der Waals surface area contributed by atoms with Crippen LogP contribution in [0, 0.1) is 0 Å². The average molecular weight is 510 g/mol. The number of rotatable bonds is 8. The zero-order valence-electron chi connectivity index (χ0n) is 16.9. The predicted octanol–water partition coefficient (Wildman–Crippen LogP) is 5.67. The SMILES string of the molecule is C[C@@H](C(=O)NC1CCCC1)N(Cc1ccc(Br)cc1)C(=O)CSc1ccc(Cl)cc1. The molecule has 0 radical (unpaired) electrons. The van der Waals surface area contributed by atoms with Gasteiger partial charge in [0.1, 0.15) is 6.04 Å². The Morgan fingerprint density at radius 3 is 2.40 bits per heavy atom. The molecule has 1 aliphatic carbocycles. The molecular weight excluding hydrogens is 484 g/mol. The molecule has 0 aliphatic heterocycles. The average Bonchev–Trinajstić information content (AvgIpc) is 3.25. The smallest absolute Gasteiger partial charge is 0.242 e. The van der Waals surface area contributed by atoms with E-state index in [4.69, 9.17) is 11.6 Å². The Morgan fingerprint density at radius 2 is 1.77 bits per heavy atom. The van der Waals surface area contributed by atoms with Crippen molar-refractivity contribution in [2.24, 2.45) is 0 Å². The Balaban J connectivity index is 1.69. The minimum absolute atomic E-state index is 0.0630. The lowest BCUT2D eigenvalue weighted by Crippen LogP contribution is -2.50.